The van der Waals surface area contributed by atoms with Gasteiger partial charge in [-0.15, -0.1) is 0 Å². The molecule has 1 saturated heterocycles. The van der Waals surface area contributed by atoms with Crippen LogP contribution in [0.5, 0.6) is 0 Å². The van der Waals surface area contributed by atoms with Gasteiger partial charge in [0.15, 0.2) is 0 Å². The largest absolute Gasteiger partial charge is 0.387 e. The Morgan fingerprint density at radius 2 is 1.68 bits per heavy atom. The van der Waals surface area contributed by atoms with Gasteiger partial charge in [0.2, 0.25) is 10.0 Å². The first-order valence-corrected chi connectivity index (χ1v) is 10.00. The van der Waals surface area contributed by atoms with Crippen LogP contribution in [0.15, 0.2) is 59.5 Å². The van der Waals surface area contributed by atoms with Gasteiger partial charge in [-0.25, -0.2) is 8.42 Å². The van der Waals surface area contributed by atoms with Gasteiger partial charge < -0.3 is 5.11 Å². The summed E-state index contributed by atoms with van der Waals surface area (Å²) in [4.78, 5) is 2.31. The summed E-state index contributed by atoms with van der Waals surface area (Å²) in [6.07, 6.45) is -0.572. The number of piperazine rings is 1. The second kappa shape index (κ2) is 7.85. The second-order valence-corrected chi connectivity index (χ2v) is 8.46. The molecule has 1 aliphatic heterocycles. The van der Waals surface area contributed by atoms with Crippen molar-refractivity contribution in [3.05, 3.63) is 65.2 Å². The molecule has 1 atom stereocenters. The monoisotopic (exact) mass is 380 g/mol. The van der Waals surface area contributed by atoms with E-state index in [4.69, 9.17) is 11.6 Å². The Labute approximate surface area is 153 Å². The summed E-state index contributed by atoms with van der Waals surface area (Å²) < 4.78 is 26.9. The fraction of sp³-hybridized carbons (Fsp3) is 0.333. The smallest absolute Gasteiger partial charge is 0.243 e. The van der Waals surface area contributed by atoms with Crippen molar-refractivity contribution < 1.29 is 13.5 Å². The molecule has 134 valence electrons. The third-order valence-corrected chi connectivity index (χ3v) is 6.51. The highest BCUT2D eigenvalue weighted by atomic mass is 35.5. The zero-order valence-electron chi connectivity index (χ0n) is 13.8. The number of sulfonamides is 1. The molecule has 0 bridgehead atoms. The molecule has 1 aliphatic rings. The lowest BCUT2D eigenvalue weighted by Gasteiger charge is -2.35. The van der Waals surface area contributed by atoms with Gasteiger partial charge >= 0.3 is 0 Å². The summed E-state index contributed by atoms with van der Waals surface area (Å²) in [6.45, 7) is 2.47. The predicted octanol–water partition coefficient (Wildman–Crippen LogP) is 2.38. The normalized spacial score (nSPS) is 18.2. The van der Waals surface area contributed by atoms with E-state index in [-0.39, 0.29) is 4.90 Å². The summed E-state index contributed by atoms with van der Waals surface area (Å²) in [5, 5.41) is 10.7. The molecular weight excluding hydrogens is 360 g/mol. The molecule has 1 N–H and O–H groups in total. The van der Waals surface area contributed by atoms with Crippen LogP contribution in [0.25, 0.3) is 0 Å². The van der Waals surface area contributed by atoms with Crippen LogP contribution in [0.2, 0.25) is 5.02 Å². The van der Waals surface area contributed by atoms with Crippen LogP contribution in [-0.2, 0) is 10.0 Å². The SMILES string of the molecule is O=S(=O)(c1cccc(Cl)c1)N1CCN(C[C@H](O)c2ccccc2)CC1. The van der Waals surface area contributed by atoms with Crippen molar-refractivity contribution in [1.82, 2.24) is 9.21 Å². The molecule has 1 heterocycles. The van der Waals surface area contributed by atoms with E-state index in [0.29, 0.717) is 37.7 Å². The maximum absolute atomic E-state index is 12.7. The predicted molar refractivity (Wildman–Crippen MR) is 98.1 cm³/mol. The summed E-state index contributed by atoms with van der Waals surface area (Å²) in [6, 6.07) is 15.8. The zero-order chi connectivity index (χ0) is 17.9. The Balaban J connectivity index is 1.60. The number of nitrogens with zero attached hydrogens (tertiary/aromatic N) is 2. The summed E-state index contributed by atoms with van der Waals surface area (Å²) >= 11 is 5.91. The molecule has 5 nitrogen and oxygen atoms in total. The second-order valence-electron chi connectivity index (χ2n) is 6.09. The molecule has 0 amide bonds. The summed E-state index contributed by atoms with van der Waals surface area (Å²) in [7, 11) is -3.53. The molecule has 0 saturated carbocycles. The number of hydrogen-bond acceptors (Lipinski definition) is 4. The maximum Gasteiger partial charge on any atom is 0.243 e. The standard InChI is InChI=1S/C18H21ClN2O3S/c19-16-7-4-8-17(13-16)25(23,24)21-11-9-20(10-12-21)14-18(22)15-5-2-1-3-6-15/h1-8,13,18,22H,9-12,14H2/t18-/m0/s1. The first-order valence-electron chi connectivity index (χ1n) is 8.18. The van der Waals surface area contributed by atoms with Gasteiger partial charge in [-0.3, -0.25) is 4.90 Å². The molecule has 2 aromatic rings. The molecule has 0 aromatic heterocycles. The molecule has 25 heavy (non-hydrogen) atoms. The molecular formula is C18H21ClN2O3S. The van der Waals surface area contributed by atoms with E-state index >= 15 is 0 Å². The van der Waals surface area contributed by atoms with E-state index < -0.39 is 16.1 Å². The average molecular weight is 381 g/mol. The summed E-state index contributed by atoms with van der Waals surface area (Å²) in [5.74, 6) is 0. The highest BCUT2D eigenvalue weighted by Crippen LogP contribution is 2.22. The van der Waals surface area contributed by atoms with Crippen LogP contribution >= 0.6 is 11.6 Å². The first kappa shape index (κ1) is 18.4. The lowest BCUT2D eigenvalue weighted by molar-refractivity contribution is 0.0921. The zero-order valence-corrected chi connectivity index (χ0v) is 15.3. The van der Waals surface area contributed by atoms with E-state index in [0.717, 1.165) is 5.56 Å². The molecule has 0 unspecified atom stereocenters. The van der Waals surface area contributed by atoms with E-state index in [1.165, 1.54) is 10.4 Å². The van der Waals surface area contributed by atoms with E-state index in [2.05, 4.69) is 4.90 Å². The fourth-order valence-corrected chi connectivity index (χ4v) is 4.68. The minimum Gasteiger partial charge on any atom is -0.387 e. The molecule has 0 aliphatic carbocycles. The number of hydrogen-bond donors (Lipinski definition) is 1. The maximum atomic E-state index is 12.7. The molecule has 0 spiro atoms. The van der Waals surface area contributed by atoms with Gasteiger partial charge in [0.05, 0.1) is 11.0 Å². The van der Waals surface area contributed by atoms with E-state index in [1.54, 1.807) is 18.2 Å². The minimum absolute atomic E-state index is 0.220. The fourth-order valence-electron chi connectivity index (χ4n) is 2.95. The van der Waals surface area contributed by atoms with Gasteiger partial charge in [0, 0.05) is 37.7 Å². The molecule has 7 heteroatoms. The first-order chi connectivity index (χ1) is 12.0. The average Bonchev–Trinajstić information content (AvgIpc) is 2.63. The Hall–Kier alpha value is -1.44. The Bertz CT molecular complexity index is 806. The van der Waals surface area contributed by atoms with E-state index in [1.807, 2.05) is 30.3 Å². The minimum atomic E-state index is -3.53. The Morgan fingerprint density at radius 3 is 2.32 bits per heavy atom. The van der Waals surface area contributed by atoms with Gasteiger partial charge in [-0.2, -0.15) is 4.31 Å². The molecule has 2 aromatic carbocycles. The van der Waals surface area contributed by atoms with Crippen molar-refractivity contribution in [2.24, 2.45) is 0 Å². The molecule has 1 fully saturated rings. The number of benzene rings is 2. The number of aliphatic hydroxyl groups excluding tert-OH is 1. The van der Waals surface area contributed by atoms with Crippen molar-refractivity contribution in [3.63, 3.8) is 0 Å². The van der Waals surface area contributed by atoms with Crippen molar-refractivity contribution in [3.8, 4) is 0 Å². The van der Waals surface area contributed by atoms with Crippen molar-refractivity contribution in [1.29, 1.82) is 0 Å². The van der Waals surface area contributed by atoms with Crippen LogP contribution < -0.4 is 0 Å². The lowest BCUT2D eigenvalue weighted by Crippen LogP contribution is -2.49. The molecule has 3 rings (SSSR count). The van der Waals surface area contributed by atoms with Crippen molar-refractivity contribution >= 4 is 21.6 Å². The van der Waals surface area contributed by atoms with E-state index in [9.17, 15) is 13.5 Å². The third kappa shape index (κ3) is 4.40. The third-order valence-electron chi connectivity index (χ3n) is 4.38. The van der Waals surface area contributed by atoms with Gasteiger partial charge in [0.1, 0.15) is 0 Å². The Kier molecular flexibility index (Phi) is 5.76. The van der Waals surface area contributed by atoms with Crippen LogP contribution in [0.4, 0.5) is 0 Å². The van der Waals surface area contributed by atoms with Crippen LogP contribution in [0.3, 0.4) is 0 Å². The number of rotatable bonds is 5. The molecule has 0 radical (unpaired) electrons. The summed E-state index contributed by atoms with van der Waals surface area (Å²) in [5.41, 5.74) is 0.872. The van der Waals surface area contributed by atoms with Crippen molar-refractivity contribution in [2.45, 2.75) is 11.0 Å². The number of β-amino-alcohol motifs (C(OH)–C–C–N with tert-alkyl or cyclic N) is 1. The van der Waals surface area contributed by atoms with Crippen LogP contribution in [0, 0.1) is 0 Å². The number of halogens is 1. The Morgan fingerprint density at radius 1 is 1.00 bits per heavy atom. The van der Waals surface area contributed by atoms with Gasteiger partial charge in [-0.05, 0) is 23.8 Å². The van der Waals surface area contributed by atoms with Crippen LogP contribution in [0.1, 0.15) is 11.7 Å². The highest BCUT2D eigenvalue weighted by molar-refractivity contribution is 7.89. The lowest BCUT2D eigenvalue weighted by atomic mass is 10.1. The van der Waals surface area contributed by atoms with Gasteiger partial charge in [0.25, 0.3) is 0 Å². The number of aliphatic hydroxyl groups is 1. The van der Waals surface area contributed by atoms with Crippen LogP contribution in [-0.4, -0.2) is 55.5 Å². The quantitative estimate of drug-likeness (QED) is 0.865. The van der Waals surface area contributed by atoms with Gasteiger partial charge in [-0.1, -0.05) is 48.0 Å². The van der Waals surface area contributed by atoms with Crippen molar-refractivity contribution in [2.75, 3.05) is 32.7 Å². The highest BCUT2D eigenvalue weighted by Gasteiger charge is 2.29. The topological polar surface area (TPSA) is 60.9 Å².